The monoisotopic (exact) mass is 406 g/mol. The van der Waals surface area contributed by atoms with Crippen LogP contribution >= 0.6 is 27.3 Å². The quantitative estimate of drug-likeness (QED) is 0.766. The lowest BCUT2D eigenvalue weighted by Gasteiger charge is -2.27. The van der Waals surface area contributed by atoms with Crippen molar-refractivity contribution in [2.45, 2.75) is 19.4 Å². The van der Waals surface area contributed by atoms with E-state index in [0.717, 1.165) is 15.0 Å². The van der Waals surface area contributed by atoms with Gasteiger partial charge in [0.1, 0.15) is 0 Å². The Morgan fingerprint density at radius 1 is 1.33 bits per heavy atom. The molecule has 0 spiro atoms. The molecule has 1 saturated heterocycles. The number of para-hydroxylation sites is 1. The molecule has 126 valence electrons. The minimum Gasteiger partial charge on any atom is -0.338 e. The van der Waals surface area contributed by atoms with Gasteiger partial charge in [-0.3, -0.25) is 9.59 Å². The minimum absolute atomic E-state index is 0.00238. The Bertz CT molecular complexity index is 747. The molecule has 2 amide bonds. The van der Waals surface area contributed by atoms with Crippen molar-refractivity contribution in [1.29, 1.82) is 0 Å². The van der Waals surface area contributed by atoms with Gasteiger partial charge in [-0.25, -0.2) is 0 Å². The van der Waals surface area contributed by atoms with E-state index in [2.05, 4.69) is 15.9 Å². The smallest absolute Gasteiger partial charge is 0.228 e. The molecule has 0 aliphatic carbocycles. The zero-order chi connectivity index (χ0) is 17.3. The first-order valence-electron chi connectivity index (χ1n) is 7.84. The fraction of sp³-hybridized carbons (Fsp3) is 0.333. The number of carbonyl (C=O) groups excluding carboxylic acids is 2. The van der Waals surface area contributed by atoms with E-state index < -0.39 is 0 Å². The van der Waals surface area contributed by atoms with E-state index in [1.807, 2.05) is 55.7 Å². The number of halogens is 1. The predicted octanol–water partition coefficient (Wildman–Crippen LogP) is 4.08. The Kier molecular flexibility index (Phi) is 5.06. The average molecular weight is 407 g/mol. The van der Waals surface area contributed by atoms with Crippen molar-refractivity contribution in [3.8, 4) is 0 Å². The summed E-state index contributed by atoms with van der Waals surface area (Å²) in [4.78, 5) is 29.8. The zero-order valence-electron chi connectivity index (χ0n) is 13.6. The molecule has 1 aliphatic rings. The molecule has 1 fully saturated rings. The third-order valence-corrected chi connectivity index (χ3v) is 6.21. The Hall–Kier alpha value is -1.66. The van der Waals surface area contributed by atoms with Gasteiger partial charge >= 0.3 is 0 Å². The summed E-state index contributed by atoms with van der Waals surface area (Å²) < 4.78 is 0.867. The number of nitrogens with zero attached hydrogens (tertiary/aromatic N) is 2. The Morgan fingerprint density at radius 3 is 2.75 bits per heavy atom. The van der Waals surface area contributed by atoms with Gasteiger partial charge in [-0.05, 0) is 46.4 Å². The number of hydrogen-bond donors (Lipinski definition) is 0. The van der Waals surface area contributed by atoms with E-state index in [0.29, 0.717) is 6.54 Å². The first kappa shape index (κ1) is 17.2. The van der Waals surface area contributed by atoms with E-state index in [1.54, 1.807) is 21.1 Å². The Balaban J connectivity index is 1.73. The Morgan fingerprint density at radius 2 is 2.08 bits per heavy atom. The van der Waals surface area contributed by atoms with Crippen LogP contribution in [-0.4, -0.2) is 30.3 Å². The highest BCUT2D eigenvalue weighted by Crippen LogP contribution is 2.33. The number of benzene rings is 1. The van der Waals surface area contributed by atoms with Crippen LogP contribution in [0.1, 0.15) is 24.3 Å². The summed E-state index contributed by atoms with van der Waals surface area (Å²) in [6.07, 6.45) is 0.266. The molecule has 0 saturated carbocycles. The second-order valence-corrected chi connectivity index (χ2v) is 7.83. The van der Waals surface area contributed by atoms with Gasteiger partial charge in [0, 0.05) is 29.4 Å². The molecule has 0 unspecified atom stereocenters. The summed E-state index contributed by atoms with van der Waals surface area (Å²) >= 11 is 5.12. The van der Waals surface area contributed by atoms with Crippen LogP contribution in [0.25, 0.3) is 0 Å². The normalized spacial score (nSPS) is 18.7. The Labute approximate surface area is 154 Å². The highest BCUT2D eigenvalue weighted by molar-refractivity contribution is 9.10. The molecular formula is C18H19BrN2O2S. The first-order chi connectivity index (χ1) is 11.5. The first-order valence-corrected chi connectivity index (χ1v) is 9.51. The van der Waals surface area contributed by atoms with Gasteiger partial charge in [-0.15, -0.1) is 11.3 Å². The van der Waals surface area contributed by atoms with E-state index in [-0.39, 0.29) is 30.2 Å². The lowest BCUT2D eigenvalue weighted by atomic mass is 10.1. The van der Waals surface area contributed by atoms with Crippen molar-refractivity contribution in [2.24, 2.45) is 5.92 Å². The van der Waals surface area contributed by atoms with Crippen LogP contribution in [0.15, 0.2) is 46.3 Å². The van der Waals surface area contributed by atoms with Crippen molar-refractivity contribution < 1.29 is 9.59 Å². The molecule has 2 aromatic rings. The van der Waals surface area contributed by atoms with Gasteiger partial charge in [0.05, 0.1) is 17.6 Å². The van der Waals surface area contributed by atoms with Crippen LogP contribution in [0.5, 0.6) is 0 Å². The summed E-state index contributed by atoms with van der Waals surface area (Å²) in [5, 5.41) is 2.01. The van der Waals surface area contributed by atoms with Crippen LogP contribution < -0.4 is 4.90 Å². The van der Waals surface area contributed by atoms with Gasteiger partial charge < -0.3 is 9.80 Å². The van der Waals surface area contributed by atoms with Gasteiger partial charge in [0.25, 0.3) is 0 Å². The summed E-state index contributed by atoms with van der Waals surface area (Å²) in [6.45, 7) is 2.45. The third kappa shape index (κ3) is 3.26. The van der Waals surface area contributed by atoms with Crippen LogP contribution in [0, 0.1) is 5.92 Å². The van der Waals surface area contributed by atoms with Gasteiger partial charge in [-0.2, -0.15) is 0 Å². The van der Waals surface area contributed by atoms with Crippen LogP contribution in [0.2, 0.25) is 0 Å². The molecule has 2 heterocycles. The topological polar surface area (TPSA) is 40.6 Å². The molecule has 0 N–H and O–H groups in total. The number of thiophene rings is 1. The second kappa shape index (κ2) is 7.07. The molecule has 6 heteroatoms. The van der Waals surface area contributed by atoms with E-state index in [4.69, 9.17) is 0 Å². The summed E-state index contributed by atoms with van der Waals surface area (Å²) in [6, 6.07) is 11.6. The van der Waals surface area contributed by atoms with Crippen molar-refractivity contribution >= 4 is 44.8 Å². The highest BCUT2D eigenvalue weighted by atomic mass is 79.9. The molecular weight excluding hydrogens is 388 g/mol. The molecule has 0 radical (unpaired) electrons. The van der Waals surface area contributed by atoms with Crippen LogP contribution in [0.4, 0.5) is 5.69 Å². The molecule has 1 aliphatic heterocycles. The highest BCUT2D eigenvalue weighted by Gasteiger charge is 2.38. The number of carbonyl (C=O) groups is 2. The van der Waals surface area contributed by atoms with E-state index in [1.165, 1.54) is 0 Å². The molecule has 4 nitrogen and oxygen atoms in total. The number of rotatable bonds is 4. The summed E-state index contributed by atoms with van der Waals surface area (Å²) in [5.41, 5.74) is 0.826. The third-order valence-electron chi connectivity index (χ3n) is 4.50. The van der Waals surface area contributed by atoms with Gasteiger partial charge in [0.15, 0.2) is 0 Å². The summed E-state index contributed by atoms with van der Waals surface area (Å²) in [5.74, 6) is -0.270. The standard InChI is InChI=1S/C18H19BrN2O2S/c1-12(16-8-5-9-24-16)20(2)18(23)13-10-17(22)21(11-13)15-7-4-3-6-14(15)19/h3-9,12-13H,10-11H2,1-2H3/t12-,13-/m0/s1. The molecule has 24 heavy (non-hydrogen) atoms. The van der Waals surface area contributed by atoms with Crippen LogP contribution in [-0.2, 0) is 9.59 Å². The number of anilines is 1. The van der Waals surface area contributed by atoms with Crippen molar-refractivity contribution in [3.63, 3.8) is 0 Å². The largest absolute Gasteiger partial charge is 0.338 e. The van der Waals surface area contributed by atoms with E-state index in [9.17, 15) is 9.59 Å². The maximum absolute atomic E-state index is 12.8. The minimum atomic E-state index is -0.294. The van der Waals surface area contributed by atoms with Crippen LogP contribution in [0.3, 0.4) is 0 Å². The maximum atomic E-state index is 12.8. The fourth-order valence-corrected chi connectivity index (χ4v) is 4.30. The maximum Gasteiger partial charge on any atom is 0.228 e. The second-order valence-electron chi connectivity index (χ2n) is 6.00. The van der Waals surface area contributed by atoms with Crippen molar-refractivity contribution in [1.82, 2.24) is 4.90 Å². The van der Waals surface area contributed by atoms with Gasteiger partial charge in [-0.1, -0.05) is 18.2 Å². The molecule has 2 atom stereocenters. The van der Waals surface area contributed by atoms with E-state index >= 15 is 0 Å². The zero-order valence-corrected chi connectivity index (χ0v) is 16.0. The lowest BCUT2D eigenvalue weighted by molar-refractivity contribution is -0.136. The fourth-order valence-electron chi connectivity index (χ4n) is 2.98. The molecule has 1 aromatic heterocycles. The SMILES string of the molecule is C[C@@H](c1cccs1)N(C)C(=O)[C@H]1CC(=O)N(c2ccccc2Br)C1. The number of amides is 2. The molecule has 3 rings (SSSR count). The number of hydrogen-bond acceptors (Lipinski definition) is 3. The predicted molar refractivity (Wildman–Crippen MR) is 100 cm³/mol. The van der Waals surface area contributed by atoms with Gasteiger partial charge in [0.2, 0.25) is 11.8 Å². The van der Waals surface area contributed by atoms with Crippen molar-refractivity contribution in [2.75, 3.05) is 18.5 Å². The van der Waals surface area contributed by atoms with Crippen molar-refractivity contribution in [3.05, 3.63) is 51.1 Å². The lowest BCUT2D eigenvalue weighted by Crippen LogP contribution is -2.36. The average Bonchev–Trinajstić information content (AvgIpc) is 3.23. The summed E-state index contributed by atoms with van der Waals surface area (Å²) in [7, 11) is 1.82. The molecule has 0 bridgehead atoms. The molecule has 1 aromatic carbocycles.